The molecule has 0 saturated heterocycles. The Labute approximate surface area is 231 Å². The summed E-state index contributed by atoms with van der Waals surface area (Å²) in [5.41, 5.74) is 0. The Morgan fingerprint density at radius 2 is 1.17 bits per heavy atom. The van der Waals surface area contributed by atoms with Gasteiger partial charge in [0, 0.05) is 11.5 Å². The lowest BCUT2D eigenvalue weighted by Gasteiger charge is -2.21. The van der Waals surface area contributed by atoms with E-state index in [9.17, 15) is 10.2 Å². The Kier molecular flexibility index (Phi) is 15.6. The summed E-state index contributed by atoms with van der Waals surface area (Å²) >= 11 is 15.6. The molecule has 200 valence electrons. The molecule has 0 spiro atoms. The molecule has 2 aromatic rings. The van der Waals surface area contributed by atoms with Gasteiger partial charge in [-0.05, 0) is 45.2 Å². The van der Waals surface area contributed by atoms with Gasteiger partial charge in [0.25, 0.3) is 0 Å². The van der Waals surface area contributed by atoms with Gasteiger partial charge in [0.05, 0.1) is 63.6 Å². The van der Waals surface area contributed by atoms with Crippen molar-refractivity contribution in [1.29, 1.82) is 0 Å². The van der Waals surface area contributed by atoms with Gasteiger partial charge in [-0.1, -0.05) is 46.2 Å². The first-order valence-electron chi connectivity index (χ1n) is 10.9. The molecule has 2 heterocycles. The molecule has 16 heteroatoms. The highest BCUT2D eigenvalue weighted by molar-refractivity contribution is 8.01. The highest BCUT2D eigenvalue weighted by atomic mass is 32.2. The topological polar surface area (TPSA) is 135 Å². The second kappa shape index (κ2) is 17.5. The summed E-state index contributed by atoms with van der Waals surface area (Å²) in [4.78, 5) is 0. The zero-order chi connectivity index (χ0) is 25.6. The number of H-pyrrole nitrogens is 2. The molecule has 0 aliphatic rings. The van der Waals surface area contributed by atoms with Crippen LogP contribution in [0.1, 0.15) is 20.8 Å². The van der Waals surface area contributed by atoms with Crippen molar-refractivity contribution >= 4 is 70.6 Å². The van der Waals surface area contributed by atoms with E-state index in [4.69, 9.17) is 43.4 Å². The standard InChI is InChI=1S/C19H32N4O6S6/c1-11(4-26-7-14(24)9-32-18-22-20-16(30)34-18)27-5-12(2)28-6-13(3)29-8-15(25)10-33-19-23-21-17(31)35-19/h11-15,24-25H,4-10H2,1-3H3,(H,20,30)(H,21,31). The third kappa shape index (κ3) is 14.5. The molecule has 0 amide bonds. The number of hydrogen-bond acceptors (Lipinski definition) is 14. The predicted octanol–water partition coefficient (Wildman–Crippen LogP) is 3.55. The van der Waals surface area contributed by atoms with Crippen molar-refractivity contribution in [3.05, 3.63) is 7.91 Å². The molecule has 0 aliphatic carbocycles. The van der Waals surface area contributed by atoms with Crippen molar-refractivity contribution in [2.45, 2.75) is 60.0 Å². The molecule has 0 bridgehead atoms. The summed E-state index contributed by atoms with van der Waals surface area (Å²) < 4.78 is 25.6. The molecular formula is C19H32N4O6S6. The molecule has 0 saturated carbocycles. The van der Waals surface area contributed by atoms with Crippen LogP contribution in [-0.2, 0) is 18.9 Å². The number of thioether (sulfide) groups is 2. The van der Waals surface area contributed by atoms with E-state index >= 15 is 0 Å². The maximum absolute atomic E-state index is 10.1. The molecule has 2 rings (SSSR count). The summed E-state index contributed by atoms with van der Waals surface area (Å²) in [6, 6.07) is 0. The molecule has 4 N–H and O–H groups in total. The summed E-state index contributed by atoms with van der Waals surface area (Å²) in [7, 11) is 0. The van der Waals surface area contributed by atoms with Crippen LogP contribution in [0, 0.1) is 7.91 Å². The fourth-order valence-electron chi connectivity index (χ4n) is 2.38. The molecule has 5 unspecified atom stereocenters. The number of nitrogens with zero attached hydrogens (tertiary/aromatic N) is 2. The molecule has 10 nitrogen and oxygen atoms in total. The molecule has 35 heavy (non-hydrogen) atoms. The van der Waals surface area contributed by atoms with Gasteiger partial charge in [-0.15, -0.1) is 0 Å². The van der Waals surface area contributed by atoms with E-state index in [1.807, 2.05) is 20.8 Å². The number of aromatic nitrogens is 4. The van der Waals surface area contributed by atoms with Gasteiger partial charge in [0.15, 0.2) is 16.6 Å². The van der Waals surface area contributed by atoms with Gasteiger partial charge in [0.1, 0.15) is 0 Å². The van der Waals surface area contributed by atoms with Gasteiger partial charge in [0.2, 0.25) is 0 Å². The summed E-state index contributed by atoms with van der Waals surface area (Å²) in [6.45, 7) is 7.35. The SMILES string of the molecule is CC(COCC(O)CSc1n[nH]c(=S)s1)OCC(C)OCC(C)OCC(O)CSc1n[nH]c(=S)s1. The number of nitrogens with one attached hydrogen (secondary N) is 2. The average molecular weight is 605 g/mol. The van der Waals surface area contributed by atoms with E-state index in [0.717, 1.165) is 8.68 Å². The fourth-order valence-corrected chi connectivity index (χ4v) is 6.40. The van der Waals surface area contributed by atoms with Gasteiger partial charge in [-0.3, -0.25) is 10.2 Å². The minimum absolute atomic E-state index is 0.121. The second-order valence-electron chi connectivity index (χ2n) is 7.66. The first-order chi connectivity index (χ1) is 16.7. The van der Waals surface area contributed by atoms with E-state index in [-0.39, 0.29) is 31.5 Å². The minimum Gasteiger partial charge on any atom is -0.390 e. The first kappa shape index (κ1) is 31.2. The number of aliphatic hydroxyl groups excluding tert-OH is 2. The van der Waals surface area contributed by atoms with Crippen LogP contribution in [0.5, 0.6) is 0 Å². The highest BCUT2D eigenvalue weighted by Crippen LogP contribution is 2.22. The fraction of sp³-hybridized carbons (Fsp3) is 0.789. The average Bonchev–Trinajstić information content (AvgIpc) is 3.44. The van der Waals surface area contributed by atoms with Crippen molar-refractivity contribution in [3.8, 4) is 0 Å². The van der Waals surface area contributed by atoms with Gasteiger partial charge < -0.3 is 29.2 Å². The van der Waals surface area contributed by atoms with E-state index < -0.39 is 12.2 Å². The van der Waals surface area contributed by atoms with Crippen LogP contribution in [0.4, 0.5) is 0 Å². The third-order valence-electron chi connectivity index (χ3n) is 4.10. The summed E-state index contributed by atoms with van der Waals surface area (Å²) in [6.07, 6.45) is -1.63. The Balaban J connectivity index is 1.46. The van der Waals surface area contributed by atoms with Gasteiger partial charge in [-0.25, -0.2) is 0 Å². The van der Waals surface area contributed by atoms with Crippen LogP contribution < -0.4 is 0 Å². The van der Waals surface area contributed by atoms with Crippen LogP contribution in [0.2, 0.25) is 0 Å². The number of hydrogen-bond donors (Lipinski definition) is 4. The van der Waals surface area contributed by atoms with Crippen molar-refractivity contribution in [1.82, 2.24) is 20.4 Å². The minimum atomic E-state index is -0.607. The van der Waals surface area contributed by atoms with Crippen molar-refractivity contribution < 1.29 is 29.2 Å². The predicted molar refractivity (Wildman–Crippen MR) is 145 cm³/mol. The van der Waals surface area contributed by atoms with E-state index in [0.29, 0.717) is 39.2 Å². The zero-order valence-electron chi connectivity index (χ0n) is 19.7. The van der Waals surface area contributed by atoms with E-state index in [1.165, 1.54) is 46.2 Å². The van der Waals surface area contributed by atoms with E-state index in [1.54, 1.807) is 0 Å². The van der Waals surface area contributed by atoms with Crippen LogP contribution in [-0.4, -0.2) is 106 Å². The van der Waals surface area contributed by atoms with Crippen LogP contribution in [0.3, 0.4) is 0 Å². The van der Waals surface area contributed by atoms with E-state index in [2.05, 4.69) is 20.4 Å². The molecule has 0 aromatic carbocycles. The number of ether oxygens (including phenoxy) is 4. The smallest absolute Gasteiger partial charge is 0.177 e. The van der Waals surface area contributed by atoms with Crippen molar-refractivity contribution in [2.24, 2.45) is 0 Å². The van der Waals surface area contributed by atoms with Crippen LogP contribution in [0.25, 0.3) is 0 Å². The Hall–Kier alpha value is 0.0200. The largest absolute Gasteiger partial charge is 0.390 e. The monoisotopic (exact) mass is 604 g/mol. The maximum atomic E-state index is 10.1. The highest BCUT2D eigenvalue weighted by Gasteiger charge is 2.14. The molecular weight excluding hydrogens is 573 g/mol. The van der Waals surface area contributed by atoms with Crippen LogP contribution in [0.15, 0.2) is 8.68 Å². The lowest BCUT2D eigenvalue weighted by atomic mass is 10.3. The zero-order valence-corrected chi connectivity index (χ0v) is 24.6. The summed E-state index contributed by atoms with van der Waals surface area (Å²) in [5, 5.41) is 33.6. The number of aromatic amines is 2. The normalized spacial score (nSPS) is 16.1. The Morgan fingerprint density at radius 1 is 0.743 bits per heavy atom. The molecule has 0 fully saturated rings. The Morgan fingerprint density at radius 3 is 1.63 bits per heavy atom. The molecule has 0 radical (unpaired) electrons. The molecule has 5 atom stereocenters. The molecule has 2 aromatic heterocycles. The van der Waals surface area contributed by atoms with Crippen molar-refractivity contribution in [2.75, 3.05) is 44.5 Å². The second-order valence-corrected chi connectivity index (χ2v) is 13.5. The third-order valence-corrected chi connectivity index (χ3v) is 8.86. The van der Waals surface area contributed by atoms with Gasteiger partial charge >= 0.3 is 0 Å². The maximum Gasteiger partial charge on any atom is 0.177 e. The van der Waals surface area contributed by atoms with Crippen LogP contribution >= 0.6 is 70.6 Å². The Bertz CT molecular complexity index is 939. The lowest BCUT2D eigenvalue weighted by Crippen LogP contribution is -2.29. The van der Waals surface area contributed by atoms with Crippen molar-refractivity contribution in [3.63, 3.8) is 0 Å². The number of rotatable bonds is 19. The quantitative estimate of drug-likeness (QED) is 0.138. The summed E-state index contributed by atoms with van der Waals surface area (Å²) in [5.74, 6) is 0.955. The number of aliphatic hydroxyl groups is 2. The lowest BCUT2D eigenvalue weighted by molar-refractivity contribution is -0.0890. The van der Waals surface area contributed by atoms with Gasteiger partial charge in [-0.2, -0.15) is 10.2 Å². The molecule has 0 aliphatic heterocycles. The first-order valence-corrected chi connectivity index (χ1v) is 15.3.